The fraction of sp³-hybridized carbons (Fsp3) is 0.462. The van der Waals surface area contributed by atoms with Crippen LogP contribution in [0.3, 0.4) is 0 Å². The van der Waals surface area contributed by atoms with Gasteiger partial charge in [-0.25, -0.2) is 4.99 Å². The van der Waals surface area contributed by atoms with E-state index in [0.717, 1.165) is 73.3 Å². The maximum Gasteiger partial charge on any atom is 0.232 e. The van der Waals surface area contributed by atoms with Crippen molar-refractivity contribution in [3.05, 3.63) is 95.8 Å². The molecule has 0 N–H and O–H groups in total. The van der Waals surface area contributed by atoms with Crippen LogP contribution in [0.1, 0.15) is 92.1 Å². The van der Waals surface area contributed by atoms with Crippen molar-refractivity contribution < 1.29 is 4.79 Å². The molecule has 3 aliphatic rings. The van der Waals surface area contributed by atoms with Crippen LogP contribution in [0.25, 0.3) is 16.8 Å². The number of carbonyl (C=O) groups is 1. The molecule has 0 saturated carbocycles. The van der Waals surface area contributed by atoms with Gasteiger partial charge in [0, 0.05) is 42.5 Å². The van der Waals surface area contributed by atoms with Crippen molar-refractivity contribution in [1.82, 2.24) is 14.8 Å². The monoisotopic (exact) mass is 590 g/mol. The van der Waals surface area contributed by atoms with E-state index in [2.05, 4.69) is 106 Å². The minimum atomic E-state index is -0.366. The van der Waals surface area contributed by atoms with E-state index >= 15 is 0 Å². The molecule has 0 spiro atoms. The zero-order valence-electron chi connectivity index (χ0n) is 27.8. The third-order valence-electron chi connectivity index (χ3n) is 10.3. The number of pyridine rings is 1. The normalized spacial score (nSPS) is 26.5. The minimum absolute atomic E-state index is 0.203. The molecular weight excluding hydrogens is 540 g/mol. The average Bonchev–Trinajstić information content (AvgIpc) is 3.26. The summed E-state index contributed by atoms with van der Waals surface area (Å²) in [6, 6.07) is 12.9. The number of amidine groups is 1. The molecule has 0 aliphatic carbocycles. The standard InChI is InChI=1S/C39H50N4O/c1-8-29-20-23-43(35(24-29)32-16-11-15-31(25-32)33-17-13-22-40-26-33)37-30(9-2)18-19-34-36(41-37)28(5)27(4)14-12-21-39(6,10-3)38(44)42(34)7/h11,13,15-17,19-20,22-27,29-30H,8-10,12,14,18,21H2,1-7H3. The molecule has 0 fully saturated rings. The highest BCUT2D eigenvalue weighted by Crippen LogP contribution is 2.40. The highest BCUT2D eigenvalue weighted by molar-refractivity contribution is 5.96. The lowest BCUT2D eigenvalue weighted by atomic mass is 9.78. The largest absolute Gasteiger partial charge is 0.313 e. The van der Waals surface area contributed by atoms with E-state index in [1.807, 2.05) is 30.4 Å². The predicted octanol–water partition coefficient (Wildman–Crippen LogP) is 9.63. The van der Waals surface area contributed by atoms with Gasteiger partial charge in [0.05, 0.1) is 17.1 Å². The van der Waals surface area contributed by atoms with Crippen LogP contribution in [-0.2, 0) is 4.79 Å². The molecule has 44 heavy (non-hydrogen) atoms. The Kier molecular flexibility index (Phi) is 9.72. The third kappa shape index (κ3) is 6.24. The molecule has 0 saturated heterocycles. The Morgan fingerprint density at radius 3 is 2.50 bits per heavy atom. The van der Waals surface area contributed by atoms with Crippen molar-refractivity contribution in [3.8, 4) is 11.1 Å². The van der Waals surface area contributed by atoms with Gasteiger partial charge in [-0.05, 0) is 86.1 Å². The van der Waals surface area contributed by atoms with Crippen molar-refractivity contribution in [1.29, 1.82) is 0 Å². The fourth-order valence-electron chi connectivity index (χ4n) is 6.80. The molecule has 2 aromatic rings. The van der Waals surface area contributed by atoms with Gasteiger partial charge in [0.2, 0.25) is 5.91 Å². The topological polar surface area (TPSA) is 48.8 Å². The van der Waals surface area contributed by atoms with Crippen LogP contribution in [0.15, 0.2) is 95.2 Å². The smallest absolute Gasteiger partial charge is 0.232 e. The number of aromatic nitrogens is 1. The summed E-state index contributed by atoms with van der Waals surface area (Å²) in [7, 11) is 1.96. The molecule has 232 valence electrons. The Morgan fingerprint density at radius 1 is 1.02 bits per heavy atom. The first-order valence-corrected chi connectivity index (χ1v) is 16.7. The SMILES string of the molecule is CCC1C=CN(C2=NC3=C(C)C(C)CCCC(C)(CC)C(=O)N(C)C3=CCC2CC)C(c2cccc(-c3cccnc3)c2)=C1. The van der Waals surface area contributed by atoms with Crippen LogP contribution in [0.4, 0.5) is 0 Å². The van der Waals surface area contributed by atoms with Crippen molar-refractivity contribution in [2.75, 3.05) is 7.05 Å². The van der Waals surface area contributed by atoms with Crippen molar-refractivity contribution in [3.63, 3.8) is 0 Å². The van der Waals surface area contributed by atoms with E-state index in [0.29, 0.717) is 11.8 Å². The van der Waals surface area contributed by atoms with Crippen LogP contribution in [0, 0.1) is 23.2 Å². The summed E-state index contributed by atoms with van der Waals surface area (Å²) in [5, 5.41) is 0. The number of carbonyl (C=O) groups excluding carboxylic acids is 1. The van der Waals surface area contributed by atoms with Crippen molar-refractivity contribution >= 4 is 17.4 Å². The first-order chi connectivity index (χ1) is 21.2. The molecule has 4 unspecified atom stereocenters. The highest BCUT2D eigenvalue weighted by atomic mass is 16.2. The molecule has 0 bridgehead atoms. The number of hydrogen-bond acceptors (Lipinski definition) is 4. The Labute approximate surface area is 265 Å². The summed E-state index contributed by atoms with van der Waals surface area (Å²) in [4.78, 5) is 28.3. The van der Waals surface area contributed by atoms with Gasteiger partial charge in [0.15, 0.2) is 0 Å². The van der Waals surface area contributed by atoms with Gasteiger partial charge in [-0.15, -0.1) is 0 Å². The lowest BCUT2D eigenvalue weighted by molar-refractivity contribution is -0.138. The number of fused-ring (bicyclic) bond motifs is 1. The molecule has 3 aliphatic heterocycles. The molecule has 5 nitrogen and oxygen atoms in total. The van der Waals surface area contributed by atoms with E-state index in [9.17, 15) is 4.79 Å². The Hall–Kier alpha value is -3.73. The number of benzene rings is 1. The van der Waals surface area contributed by atoms with E-state index in [1.165, 1.54) is 16.8 Å². The van der Waals surface area contributed by atoms with Gasteiger partial charge >= 0.3 is 0 Å². The zero-order valence-corrected chi connectivity index (χ0v) is 27.8. The Bertz CT molecular complexity index is 1510. The summed E-state index contributed by atoms with van der Waals surface area (Å²) in [5.74, 6) is 2.21. The molecule has 4 heterocycles. The number of likely N-dealkylation sites (N-methyl/N-ethyl adjacent to an activating group) is 1. The average molecular weight is 591 g/mol. The quantitative estimate of drug-likeness (QED) is 0.348. The maximum atomic E-state index is 14.0. The molecule has 1 aromatic heterocycles. The lowest BCUT2D eigenvalue weighted by Gasteiger charge is -2.35. The molecular formula is C39H50N4O. The fourth-order valence-corrected chi connectivity index (χ4v) is 6.80. The van der Waals surface area contributed by atoms with Gasteiger partial charge in [0.1, 0.15) is 5.84 Å². The minimum Gasteiger partial charge on any atom is -0.313 e. The molecule has 1 aromatic carbocycles. The Balaban J connectivity index is 1.65. The molecule has 1 amide bonds. The second-order valence-electron chi connectivity index (χ2n) is 13.2. The van der Waals surface area contributed by atoms with E-state index in [-0.39, 0.29) is 17.2 Å². The van der Waals surface area contributed by atoms with E-state index in [1.54, 1.807) is 0 Å². The van der Waals surface area contributed by atoms with Crippen molar-refractivity contribution in [2.24, 2.45) is 28.2 Å². The van der Waals surface area contributed by atoms with Gasteiger partial charge in [0.25, 0.3) is 0 Å². The van der Waals surface area contributed by atoms with Crippen LogP contribution >= 0.6 is 0 Å². The van der Waals surface area contributed by atoms with E-state index in [4.69, 9.17) is 4.99 Å². The summed E-state index contributed by atoms with van der Waals surface area (Å²) in [5.41, 5.74) is 7.42. The number of amides is 1. The van der Waals surface area contributed by atoms with Gasteiger partial charge < -0.3 is 9.80 Å². The predicted molar refractivity (Wildman–Crippen MR) is 183 cm³/mol. The zero-order chi connectivity index (χ0) is 31.4. The second kappa shape index (κ2) is 13.5. The van der Waals surface area contributed by atoms with Gasteiger partial charge in [-0.2, -0.15) is 0 Å². The highest BCUT2D eigenvalue weighted by Gasteiger charge is 2.38. The number of rotatable bonds is 5. The van der Waals surface area contributed by atoms with Crippen LogP contribution in [-0.4, -0.2) is 33.6 Å². The summed E-state index contributed by atoms with van der Waals surface area (Å²) in [6.07, 6.45) is 19.7. The molecule has 4 atom stereocenters. The summed E-state index contributed by atoms with van der Waals surface area (Å²) >= 11 is 0. The van der Waals surface area contributed by atoms with Gasteiger partial charge in [-0.3, -0.25) is 9.78 Å². The Morgan fingerprint density at radius 2 is 1.80 bits per heavy atom. The maximum absolute atomic E-state index is 14.0. The van der Waals surface area contributed by atoms with Crippen LogP contribution in [0.2, 0.25) is 0 Å². The molecule has 5 rings (SSSR count). The third-order valence-corrected chi connectivity index (χ3v) is 10.3. The first kappa shape index (κ1) is 31.7. The second-order valence-corrected chi connectivity index (χ2v) is 13.2. The van der Waals surface area contributed by atoms with Crippen LogP contribution in [0.5, 0.6) is 0 Å². The summed E-state index contributed by atoms with van der Waals surface area (Å²) < 4.78 is 0. The first-order valence-electron chi connectivity index (χ1n) is 16.7. The van der Waals surface area contributed by atoms with E-state index < -0.39 is 0 Å². The number of aliphatic imine (C=N–C) groups is 1. The molecule has 0 radical (unpaired) electrons. The number of hydrogen-bond donors (Lipinski definition) is 0. The van der Waals surface area contributed by atoms with Gasteiger partial charge in [-0.1, -0.05) is 83.5 Å². The van der Waals surface area contributed by atoms with Crippen molar-refractivity contribution in [2.45, 2.75) is 86.5 Å². The number of allylic oxidation sites excluding steroid dienone is 4. The molecule has 5 heteroatoms. The number of nitrogens with zero attached hydrogens (tertiary/aromatic N) is 4. The van der Waals surface area contributed by atoms with Crippen LogP contribution < -0.4 is 0 Å². The lowest BCUT2D eigenvalue weighted by Crippen LogP contribution is -2.40. The summed E-state index contributed by atoms with van der Waals surface area (Å²) in [6.45, 7) is 13.3.